The van der Waals surface area contributed by atoms with Crippen LogP contribution in [0.5, 0.6) is 0 Å². The third kappa shape index (κ3) is 6.46. The Morgan fingerprint density at radius 2 is 1.89 bits per heavy atom. The van der Waals surface area contributed by atoms with Crippen LogP contribution >= 0.6 is 0 Å². The van der Waals surface area contributed by atoms with Crippen LogP contribution < -0.4 is 10.6 Å². The molecule has 2 rings (SSSR count). The Morgan fingerprint density at radius 3 is 2.59 bits per heavy atom. The Morgan fingerprint density at radius 1 is 1.11 bits per heavy atom. The van der Waals surface area contributed by atoms with Gasteiger partial charge in [-0.25, -0.2) is 8.42 Å². The van der Waals surface area contributed by atoms with E-state index in [2.05, 4.69) is 15.6 Å². The predicted molar refractivity (Wildman–Crippen MR) is 98.7 cm³/mol. The van der Waals surface area contributed by atoms with Crippen molar-refractivity contribution in [3.63, 3.8) is 0 Å². The van der Waals surface area contributed by atoms with E-state index in [4.69, 9.17) is 4.74 Å². The first-order valence-electron chi connectivity index (χ1n) is 8.07. The first kappa shape index (κ1) is 20.5. The molecule has 0 fully saturated rings. The zero-order valence-corrected chi connectivity index (χ0v) is 15.9. The molecule has 1 aromatic heterocycles. The number of nitrogens with zero attached hydrogens (tertiary/aromatic N) is 1. The number of amides is 2. The molecule has 0 aliphatic carbocycles. The molecule has 9 heteroatoms. The van der Waals surface area contributed by atoms with Gasteiger partial charge >= 0.3 is 0 Å². The zero-order chi connectivity index (χ0) is 19.9. The molecule has 1 heterocycles. The fraction of sp³-hybridized carbons (Fsp3) is 0.278. The van der Waals surface area contributed by atoms with E-state index in [9.17, 15) is 18.0 Å². The number of pyridine rings is 1. The lowest BCUT2D eigenvalue weighted by atomic mass is 10.2. The molecular formula is C18H21N3O5S. The summed E-state index contributed by atoms with van der Waals surface area (Å²) >= 11 is 0. The average molecular weight is 391 g/mol. The lowest BCUT2D eigenvalue weighted by molar-refractivity contribution is -0.124. The van der Waals surface area contributed by atoms with Crippen molar-refractivity contribution in [2.24, 2.45) is 0 Å². The SMILES string of the molecule is COCC(=O)NCc1ccnc(CNC(=O)c2cccc(S(C)(=O)=O)c2)c1. The molecular weight excluding hydrogens is 370 g/mol. The number of carbonyl (C=O) groups is 2. The highest BCUT2D eigenvalue weighted by Gasteiger charge is 2.12. The smallest absolute Gasteiger partial charge is 0.251 e. The summed E-state index contributed by atoms with van der Waals surface area (Å²) in [6, 6.07) is 9.36. The number of sulfone groups is 1. The van der Waals surface area contributed by atoms with Crippen LogP contribution in [-0.4, -0.2) is 45.2 Å². The summed E-state index contributed by atoms with van der Waals surface area (Å²) in [6.45, 7) is 0.477. The van der Waals surface area contributed by atoms with Gasteiger partial charge in [0.15, 0.2) is 9.84 Å². The van der Waals surface area contributed by atoms with E-state index in [1.807, 2.05) is 0 Å². The summed E-state index contributed by atoms with van der Waals surface area (Å²) in [6.07, 6.45) is 2.68. The third-order valence-corrected chi connectivity index (χ3v) is 4.71. The molecule has 0 saturated heterocycles. The van der Waals surface area contributed by atoms with Crippen molar-refractivity contribution < 1.29 is 22.7 Å². The van der Waals surface area contributed by atoms with E-state index < -0.39 is 15.7 Å². The molecule has 2 aromatic rings. The summed E-state index contributed by atoms with van der Waals surface area (Å²) in [5.41, 5.74) is 1.69. The lowest BCUT2D eigenvalue weighted by Crippen LogP contribution is -2.27. The van der Waals surface area contributed by atoms with Gasteiger partial charge in [-0.3, -0.25) is 14.6 Å². The molecule has 0 aliphatic heterocycles. The maximum atomic E-state index is 12.3. The van der Waals surface area contributed by atoms with Crippen LogP contribution in [0, 0.1) is 0 Å². The number of hydrogen-bond acceptors (Lipinski definition) is 6. The van der Waals surface area contributed by atoms with Crippen LogP contribution in [0.15, 0.2) is 47.5 Å². The summed E-state index contributed by atoms with van der Waals surface area (Å²) in [5, 5.41) is 5.40. The molecule has 0 spiro atoms. The molecule has 0 radical (unpaired) electrons. The molecule has 0 bridgehead atoms. The van der Waals surface area contributed by atoms with Crippen molar-refractivity contribution >= 4 is 21.7 Å². The van der Waals surface area contributed by atoms with Crippen LogP contribution in [0.4, 0.5) is 0 Å². The summed E-state index contributed by atoms with van der Waals surface area (Å²) in [7, 11) is -1.94. The molecule has 2 amide bonds. The van der Waals surface area contributed by atoms with Gasteiger partial charge in [0.25, 0.3) is 5.91 Å². The van der Waals surface area contributed by atoms with Gasteiger partial charge in [-0.1, -0.05) is 6.07 Å². The Labute approximate surface area is 157 Å². The van der Waals surface area contributed by atoms with E-state index in [-0.39, 0.29) is 29.5 Å². The van der Waals surface area contributed by atoms with Crippen molar-refractivity contribution in [3.05, 3.63) is 59.4 Å². The maximum Gasteiger partial charge on any atom is 0.251 e. The Bertz CT molecular complexity index is 928. The van der Waals surface area contributed by atoms with Crippen molar-refractivity contribution in [2.75, 3.05) is 20.0 Å². The number of hydrogen-bond donors (Lipinski definition) is 2. The van der Waals surface area contributed by atoms with Crippen molar-refractivity contribution in [1.82, 2.24) is 15.6 Å². The summed E-state index contributed by atoms with van der Waals surface area (Å²) in [5.74, 6) is -0.629. The number of carbonyl (C=O) groups excluding carboxylic acids is 2. The van der Waals surface area contributed by atoms with E-state index >= 15 is 0 Å². The van der Waals surface area contributed by atoms with Crippen LogP contribution in [0.2, 0.25) is 0 Å². The van der Waals surface area contributed by atoms with Gasteiger partial charge in [-0.05, 0) is 35.9 Å². The molecule has 8 nitrogen and oxygen atoms in total. The van der Waals surface area contributed by atoms with E-state index in [0.717, 1.165) is 11.8 Å². The summed E-state index contributed by atoms with van der Waals surface area (Å²) in [4.78, 5) is 27.9. The molecule has 0 saturated carbocycles. The molecule has 144 valence electrons. The lowest BCUT2D eigenvalue weighted by Gasteiger charge is -2.08. The van der Waals surface area contributed by atoms with E-state index in [1.165, 1.54) is 25.3 Å². The van der Waals surface area contributed by atoms with Crippen LogP contribution in [0.25, 0.3) is 0 Å². The van der Waals surface area contributed by atoms with Gasteiger partial charge < -0.3 is 15.4 Å². The monoisotopic (exact) mass is 391 g/mol. The molecule has 0 aliphatic rings. The number of rotatable bonds is 8. The van der Waals surface area contributed by atoms with Crippen LogP contribution in [0.3, 0.4) is 0 Å². The van der Waals surface area contributed by atoms with E-state index in [0.29, 0.717) is 12.2 Å². The second-order valence-electron chi connectivity index (χ2n) is 5.85. The first-order chi connectivity index (χ1) is 12.8. The second-order valence-corrected chi connectivity index (χ2v) is 7.86. The molecule has 1 aromatic carbocycles. The van der Waals surface area contributed by atoms with Crippen molar-refractivity contribution in [3.8, 4) is 0 Å². The van der Waals surface area contributed by atoms with Crippen molar-refractivity contribution in [1.29, 1.82) is 0 Å². The number of nitrogens with one attached hydrogen (secondary N) is 2. The van der Waals surface area contributed by atoms with Gasteiger partial charge in [0.05, 0.1) is 17.1 Å². The number of methoxy groups -OCH3 is 1. The number of ether oxygens (including phenoxy) is 1. The van der Waals surface area contributed by atoms with Gasteiger partial charge in [0.2, 0.25) is 5.91 Å². The number of benzene rings is 1. The van der Waals surface area contributed by atoms with Gasteiger partial charge in [0.1, 0.15) is 6.61 Å². The first-order valence-corrected chi connectivity index (χ1v) is 9.96. The molecule has 2 N–H and O–H groups in total. The molecule has 0 unspecified atom stereocenters. The topological polar surface area (TPSA) is 114 Å². The minimum absolute atomic E-state index is 0.0134. The zero-order valence-electron chi connectivity index (χ0n) is 15.1. The van der Waals surface area contributed by atoms with Gasteiger partial charge in [-0.2, -0.15) is 0 Å². The highest BCUT2D eigenvalue weighted by Crippen LogP contribution is 2.11. The largest absolute Gasteiger partial charge is 0.375 e. The molecule has 0 atom stereocenters. The summed E-state index contributed by atoms with van der Waals surface area (Å²) < 4.78 is 27.9. The van der Waals surface area contributed by atoms with Gasteiger partial charge in [-0.15, -0.1) is 0 Å². The predicted octanol–water partition coefficient (Wildman–Crippen LogP) is 0.678. The normalized spacial score (nSPS) is 11.0. The highest BCUT2D eigenvalue weighted by atomic mass is 32.2. The quantitative estimate of drug-likeness (QED) is 0.684. The Balaban J connectivity index is 1.97. The standard InChI is InChI=1S/C18H21N3O5S/c1-26-12-17(22)20-10-13-6-7-19-15(8-13)11-21-18(23)14-4-3-5-16(9-14)27(2,24)25/h3-9H,10-12H2,1-2H3,(H,20,22)(H,21,23). The maximum absolute atomic E-state index is 12.3. The average Bonchev–Trinajstić information content (AvgIpc) is 2.64. The van der Waals surface area contributed by atoms with Crippen molar-refractivity contribution in [2.45, 2.75) is 18.0 Å². The van der Waals surface area contributed by atoms with Crippen LogP contribution in [0.1, 0.15) is 21.6 Å². The Hall–Kier alpha value is -2.78. The second kappa shape index (κ2) is 9.24. The Kier molecular flexibility index (Phi) is 7.03. The minimum Gasteiger partial charge on any atom is -0.375 e. The number of aromatic nitrogens is 1. The fourth-order valence-electron chi connectivity index (χ4n) is 2.26. The molecule has 27 heavy (non-hydrogen) atoms. The minimum atomic E-state index is -3.38. The van der Waals surface area contributed by atoms with Crippen LogP contribution in [-0.2, 0) is 32.5 Å². The fourth-order valence-corrected chi connectivity index (χ4v) is 2.93. The highest BCUT2D eigenvalue weighted by molar-refractivity contribution is 7.90. The third-order valence-electron chi connectivity index (χ3n) is 3.60. The van der Waals surface area contributed by atoms with E-state index in [1.54, 1.807) is 24.4 Å². The van der Waals surface area contributed by atoms with Gasteiger partial charge in [0, 0.05) is 31.7 Å².